The molecule has 4 heterocycles. The first kappa shape index (κ1) is 23.6. The number of nitrogens with one attached hydrogen (secondary N) is 6. The molecular weight excluding hydrogens is 396 g/mol. The van der Waals surface area contributed by atoms with E-state index < -0.39 is 17.6 Å². The third-order valence-electron chi connectivity index (χ3n) is 2.82. The highest BCUT2D eigenvalue weighted by molar-refractivity contribution is 5.08. The van der Waals surface area contributed by atoms with Gasteiger partial charge in [0.2, 0.25) is 5.56 Å². The van der Waals surface area contributed by atoms with Crippen LogP contribution in [0.5, 0.6) is 0 Å². The molecule has 3 aromatic heterocycles. The van der Waals surface area contributed by atoms with Gasteiger partial charge in [-0.1, -0.05) is 12.1 Å². The van der Waals surface area contributed by atoms with Gasteiger partial charge in [-0.15, -0.1) is 0 Å². The fraction of sp³-hybridized carbons (Fsp3) is 0.0556. The van der Waals surface area contributed by atoms with E-state index in [0.29, 0.717) is 0 Å². The van der Waals surface area contributed by atoms with E-state index in [1.807, 2.05) is 16.0 Å². The Labute approximate surface area is 167 Å². The minimum absolute atomic E-state index is 0.0532. The maximum absolute atomic E-state index is 10.2. The molecule has 158 valence electrons. The van der Waals surface area contributed by atoms with Crippen molar-refractivity contribution in [3.63, 3.8) is 0 Å². The molecule has 1 aliphatic heterocycles. The molecule has 12 heteroatoms. The fourth-order valence-corrected chi connectivity index (χ4v) is 1.58. The van der Waals surface area contributed by atoms with Crippen molar-refractivity contribution in [2.24, 2.45) is 0 Å². The number of pyridine rings is 1. The average Bonchev–Trinajstić information content (AvgIpc) is 2.70. The second kappa shape index (κ2) is 13.7. The quantitative estimate of drug-likeness (QED) is 0.231. The Hall–Kier alpha value is -4.45. The molecule has 30 heavy (non-hydrogen) atoms. The number of H-pyrrole nitrogens is 5. The topological polar surface area (TPSA) is 197 Å². The van der Waals surface area contributed by atoms with Gasteiger partial charge in [-0.05, 0) is 24.4 Å². The van der Waals surface area contributed by atoms with Gasteiger partial charge in [-0.2, -0.15) is 0 Å². The van der Waals surface area contributed by atoms with Crippen LogP contribution in [0.3, 0.4) is 0 Å². The predicted octanol–water partition coefficient (Wildman–Crippen LogP) is -1.52. The maximum atomic E-state index is 10.2. The van der Waals surface area contributed by atoms with Crippen molar-refractivity contribution >= 4 is 0 Å². The molecule has 4 rings (SSSR count). The second-order valence-corrected chi connectivity index (χ2v) is 5.17. The van der Waals surface area contributed by atoms with Crippen LogP contribution in [-0.2, 0) is 0 Å². The van der Waals surface area contributed by atoms with Gasteiger partial charge in [0.1, 0.15) is 6.23 Å². The summed E-state index contributed by atoms with van der Waals surface area (Å²) in [7, 11) is 0. The van der Waals surface area contributed by atoms with Gasteiger partial charge in [-0.25, -0.2) is 9.59 Å². The van der Waals surface area contributed by atoms with Gasteiger partial charge in [0.25, 0.3) is 11.1 Å². The van der Waals surface area contributed by atoms with Crippen LogP contribution in [0, 0.1) is 0 Å². The number of rotatable bonds is 0. The Morgan fingerprint density at radius 2 is 1.27 bits per heavy atom. The highest BCUT2D eigenvalue weighted by Gasteiger charge is 1.92. The molecule has 1 atom stereocenters. The Kier molecular flexibility index (Phi) is 10.8. The lowest BCUT2D eigenvalue weighted by molar-refractivity contribution is 0.201. The van der Waals surface area contributed by atoms with Crippen molar-refractivity contribution in [2.45, 2.75) is 6.23 Å². The lowest BCUT2D eigenvalue weighted by Crippen LogP contribution is -2.21. The Morgan fingerprint density at radius 3 is 1.50 bits per heavy atom. The highest BCUT2D eigenvalue weighted by atomic mass is 16.3. The van der Waals surface area contributed by atoms with Crippen LogP contribution in [0.15, 0.2) is 97.3 Å². The van der Waals surface area contributed by atoms with Crippen molar-refractivity contribution in [3.8, 4) is 0 Å². The molecule has 0 spiro atoms. The van der Waals surface area contributed by atoms with E-state index in [1.54, 1.807) is 36.7 Å². The van der Waals surface area contributed by atoms with Crippen molar-refractivity contribution in [3.05, 3.63) is 125 Å². The number of hydrogen-bond donors (Lipinski definition) is 7. The summed E-state index contributed by atoms with van der Waals surface area (Å²) in [4.78, 5) is 62.0. The van der Waals surface area contributed by atoms with E-state index in [2.05, 4.69) is 20.3 Å². The van der Waals surface area contributed by atoms with Gasteiger partial charge >= 0.3 is 11.4 Å². The van der Waals surface area contributed by atoms with E-state index in [9.17, 15) is 24.0 Å². The number of hydrogen-bond acceptors (Lipinski definition) is 7. The number of aliphatic hydroxyl groups is 1. The molecule has 0 aromatic carbocycles. The number of aliphatic hydroxyl groups excluding tert-OH is 1. The molecule has 0 amide bonds. The number of allylic oxidation sites excluding steroid dienone is 2. The smallest absolute Gasteiger partial charge is 0.325 e. The summed E-state index contributed by atoms with van der Waals surface area (Å²) in [6, 6.07) is 7.41. The second-order valence-electron chi connectivity index (χ2n) is 5.17. The van der Waals surface area contributed by atoms with Crippen LogP contribution in [0.2, 0.25) is 0 Å². The number of aromatic nitrogens is 5. The summed E-state index contributed by atoms with van der Waals surface area (Å²) in [6.07, 6.45) is 10.7. The van der Waals surface area contributed by atoms with Gasteiger partial charge in [0.15, 0.2) is 0 Å². The predicted molar refractivity (Wildman–Crippen MR) is 110 cm³/mol. The first-order valence-corrected chi connectivity index (χ1v) is 8.34. The highest BCUT2D eigenvalue weighted by Crippen LogP contribution is 1.87. The molecule has 0 fully saturated rings. The summed E-state index contributed by atoms with van der Waals surface area (Å²) < 4.78 is 0. The molecule has 7 N–H and O–H groups in total. The zero-order chi connectivity index (χ0) is 22.2. The molecule has 0 radical (unpaired) electrons. The average molecular weight is 416 g/mol. The van der Waals surface area contributed by atoms with E-state index in [-0.39, 0.29) is 16.7 Å². The van der Waals surface area contributed by atoms with Gasteiger partial charge in [0, 0.05) is 36.8 Å². The van der Waals surface area contributed by atoms with Crippen LogP contribution in [0.25, 0.3) is 0 Å². The molecule has 0 saturated heterocycles. The Balaban J connectivity index is 0.000000200. The largest absolute Gasteiger partial charge is 0.370 e. The van der Waals surface area contributed by atoms with Crippen molar-refractivity contribution in [1.29, 1.82) is 0 Å². The number of dihydropyridines is 1. The first-order chi connectivity index (χ1) is 14.4. The third-order valence-corrected chi connectivity index (χ3v) is 2.82. The zero-order valence-electron chi connectivity index (χ0n) is 15.5. The minimum atomic E-state index is -0.481. The maximum Gasteiger partial charge on any atom is 0.325 e. The molecular formula is C18H20N6O6. The minimum Gasteiger partial charge on any atom is -0.370 e. The normalized spacial score (nSPS) is 13.2. The zero-order valence-corrected chi connectivity index (χ0v) is 15.5. The van der Waals surface area contributed by atoms with E-state index in [4.69, 9.17) is 5.11 Å². The van der Waals surface area contributed by atoms with Crippen LogP contribution >= 0.6 is 0 Å². The molecule has 0 saturated carbocycles. The summed E-state index contributed by atoms with van der Waals surface area (Å²) in [5.74, 6) is 0. The standard InChI is InChI=1S/C5H7NO.C5H5NO.2C4H4N2O2/c2*7-5-3-1-2-4-6-5;2*7-3-1-2-5-4(8)6-3/h1-7H;1-4H,(H,6,7);2*1-2H,(H2,5,6,7,8). The van der Waals surface area contributed by atoms with Gasteiger partial charge < -0.3 is 25.4 Å². The molecule has 0 bridgehead atoms. The lowest BCUT2D eigenvalue weighted by Gasteiger charge is -2.06. The van der Waals surface area contributed by atoms with Crippen molar-refractivity contribution in [2.75, 3.05) is 0 Å². The van der Waals surface area contributed by atoms with Crippen molar-refractivity contribution in [1.82, 2.24) is 30.2 Å². The van der Waals surface area contributed by atoms with Crippen LogP contribution < -0.4 is 33.4 Å². The van der Waals surface area contributed by atoms with Gasteiger partial charge in [-0.3, -0.25) is 24.4 Å². The molecule has 3 aromatic rings. The van der Waals surface area contributed by atoms with Crippen LogP contribution in [0.4, 0.5) is 0 Å². The van der Waals surface area contributed by atoms with Crippen LogP contribution in [-0.4, -0.2) is 36.3 Å². The van der Waals surface area contributed by atoms with E-state index >= 15 is 0 Å². The molecule has 1 aliphatic rings. The summed E-state index contributed by atoms with van der Waals surface area (Å²) in [5.41, 5.74) is -1.76. The first-order valence-electron chi connectivity index (χ1n) is 8.34. The fourth-order valence-electron chi connectivity index (χ4n) is 1.58. The molecule has 1 unspecified atom stereocenters. The monoisotopic (exact) mass is 416 g/mol. The Morgan fingerprint density at radius 1 is 0.667 bits per heavy atom. The SMILES string of the molecule is O=c1cc[nH]c(=O)[nH]1.O=c1cc[nH]c(=O)[nH]1.O=c1cccc[nH]1.OC1C=CC=CN1. The third kappa shape index (κ3) is 12.0. The molecule has 0 aliphatic carbocycles. The van der Waals surface area contributed by atoms with E-state index in [1.165, 1.54) is 30.6 Å². The summed E-state index contributed by atoms with van der Waals surface area (Å²) in [6.45, 7) is 0. The van der Waals surface area contributed by atoms with Crippen molar-refractivity contribution < 1.29 is 5.11 Å². The van der Waals surface area contributed by atoms with Gasteiger partial charge in [0.05, 0.1) is 0 Å². The Bertz CT molecular complexity index is 1090. The lowest BCUT2D eigenvalue weighted by atomic mass is 10.4. The molecule has 12 nitrogen and oxygen atoms in total. The van der Waals surface area contributed by atoms with E-state index in [0.717, 1.165) is 0 Å². The number of aromatic amines is 5. The summed E-state index contributed by atoms with van der Waals surface area (Å²) in [5, 5.41) is 11.3. The summed E-state index contributed by atoms with van der Waals surface area (Å²) >= 11 is 0. The van der Waals surface area contributed by atoms with Crippen LogP contribution in [0.1, 0.15) is 0 Å².